The van der Waals surface area contributed by atoms with Crippen molar-refractivity contribution in [3.8, 4) is 5.75 Å². The van der Waals surface area contributed by atoms with Crippen LogP contribution in [0.15, 0.2) is 23.1 Å². The highest BCUT2D eigenvalue weighted by molar-refractivity contribution is 7.89. The molecule has 8 heteroatoms. The van der Waals surface area contributed by atoms with Gasteiger partial charge in [0.1, 0.15) is 10.6 Å². The molecule has 1 aliphatic heterocycles. The Balaban J connectivity index is 2.37. The van der Waals surface area contributed by atoms with Gasteiger partial charge in [0.25, 0.3) is 0 Å². The standard InChI is InChI=1S/C13H20N2O5S/c1-9-6-15(7-11(8-16)20-9)21(17,18)13-4-3-10(14)5-12(13)19-2/h3-5,9,11,16H,6-8,14H2,1-2H3. The van der Waals surface area contributed by atoms with Gasteiger partial charge in [-0.25, -0.2) is 8.42 Å². The number of hydrogen-bond donors (Lipinski definition) is 2. The van der Waals surface area contributed by atoms with Crippen LogP contribution in [0.2, 0.25) is 0 Å². The third-order valence-corrected chi connectivity index (χ3v) is 5.17. The van der Waals surface area contributed by atoms with Crippen LogP contribution in [0.25, 0.3) is 0 Å². The fourth-order valence-electron chi connectivity index (χ4n) is 2.34. The van der Waals surface area contributed by atoms with Crippen LogP contribution >= 0.6 is 0 Å². The Bertz CT molecular complexity index is 605. The number of nitrogens with zero attached hydrogens (tertiary/aromatic N) is 1. The monoisotopic (exact) mass is 316 g/mol. The molecule has 118 valence electrons. The maximum Gasteiger partial charge on any atom is 0.246 e. The Morgan fingerprint density at radius 1 is 1.48 bits per heavy atom. The maximum absolute atomic E-state index is 12.8. The molecule has 0 amide bonds. The van der Waals surface area contributed by atoms with Crippen LogP contribution in [0.1, 0.15) is 6.92 Å². The summed E-state index contributed by atoms with van der Waals surface area (Å²) in [5.74, 6) is 0.203. The third kappa shape index (κ3) is 3.29. The van der Waals surface area contributed by atoms with Crippen molar-refractivity contribution < 1.29 is 23.0 Å². The number of nitrogens with two attached hydrogens (primary N) is 1. The molecular formula is C13H20N2O5S. The topological polar surface area (TPSA) is 102 Å². The lowest BCUT2D eigenvalue weighted by molar-refractivity contribution is -0.0750. The van der Waals surface area contributed by atoms with E-state index in [1.54, 1.807) is 6.92 Å². The Morgan fingerprint density at radius 3 is 2.81 bits per heavy atom. The summed E-state index contributed by atoms with van der Waals surface area (Å²) in [6, 6.07) is 4.42. The van der Waals surface area contributed by atoms with Crippen molar-refractivity contribution >= 4 is 15.7 Å². The molecule has 1 heterocycles. The van der Waals surface area contributed by atoms with Crippen molar-refractivity contribution in [2.24, 2.45) is 0 Å². The lowest BCUT2D eigenvalue weighted by Gasteiger charge is -2.35. The molecule has 1 fully saturated rings. The van der Waals surface area contributed by atoms with Crippen LogP contribution in [0.5, 0.6) is 5.75 Å². The van der Waals surface area contributed by atoms with E-state index in [-0.39, 0.29) is 36.4 Å². The van der Waals surface area contributed by atoms with Gasteiger partial charge in [-0.05, 0) is 19.1 Å². The molecule has 2 atom stereocenters. The average Bonchev–Trinajstić information content (AvgIpc) is 2.46. The molecule has 0 spiro atoms. The summed E-state index contributed by atoms with van der Waals surface area (Å²) in [4.78, 5) is 0.0602. The number of hydrogen-bond acceptors (Lipinski definition) is 6. The Labute approximate surface area is 124 Å². The zero-order chi connectivity index (χ0) is 15.6. The largest absolute Gasteiger partial charge is 0.495 e. The number of anilines is 1. The van der Waals surface area contributed by atoms with E-state index in [4.69, 9.17) is 15.2 Å². The summed E-state index contributed by atoms with van der Waals surface area (Å²) in [5.41, 5.74) is 6.07. The fraction of sp³-hybridized carbons (Fsp3) is 0.538. The molecule has 1 aromatic rings. The second kappa shape index (κ2) is 6.18. The van der Waals surface area contributed by atoms with Gasteiger partial charge < -0.3 is 20.3 Å². The SMILES string of the molecule is COc1cc(N)ccc1S(=O)(=O)N1CC(C)OC(CO)C1. The highest BCUT2D eigenvalue weighted by atomic mass is 32.2. The number of nitrogen functional groups attached to an aromatic ring is 1. The minimum atomic E-state index is -3.74. The summed E-state index contributed by atoms with van der Waals surface area (Å²) in [6.45, 7) is 1.88. The summed E-state index contributed by atoms with van der Waals surface area (Å²) in [7, 11) is -2.34. The Morgan fingerprint density at radius 2 is 2.19 bits per heavy atom. The zero-order valence-corrected chi connectivity index (χ0v) is 12.8. The third-order valence-electron chi connectivity index (χ3n) is 3.30. The number of aliphatic hydroxyl groups excluding tert-OH is 1. The van der Waals surface area contributed by atoms with E-state index < -0.39 is 16.1 Å². The quantitative estimate of drug-likeness (QED) is 0.761. The first-order valence-electron chi connectivity index (χ1n) is 6.58. The van der Waals surface area contributed by atoms with E-state index in [1.807, 2.05) is 0 Å². The van der Waals surface area contributed by atoms with Crippen LogP contribution in [0.3, 0.4) is 0 Å². The molecule has 0 aromatic heterocycles. The van der Waals surface area contributed by atoms with E-state index in [0.29, 0.717) is 5.69 Å². The van der Waals surface area contributed by atoms with Crippen LogP contribution in [-0.4, -0.2) is 56.8 Å². The van der Waals surface area contributed by atoms with Gasteiger partial charge in [0.2, 0.25) is 10.0 Å². The molecule has 0 radical (unpaired) electrons. The fourth-order valence-corrected chi connectivity index (χ4v) is 4.02. The van der Waals surface area contributed by atoms with Gasteiger partial charge in [0, 0.05) is 24.8 Å². The molecule has 2 rings (SSSR count). The minimum absolute atomic E-state index is 0.0602. The molecule has 3 N–H and O–H groups in total. The van der Waals surface area contributed by atoms with Gasteiger partial charge in [0.05, 0.1) is 25.9 Å². The molecule has 21 heavy (non-hydrogen) atoms. The number of rotatable bonds is 4. The van der Waals surface area contributed by atoms with Gasteiger partial charge in [-0.15, -0.1) is 0 Å². The molecule has 1 aromatic carbocycles. The van der Waals surface area contributed by atoms with E-state index in [1.165, 1.54) is 29.6 Å². The number of ether oxygens (including phenoxy) is 2. The van der Waals surface area contributed by atoms with Crippen molar-refractivity contribution in [3.63, 3.8) is 0 Å². The van der Waals surface area contributed by atoms with Gasteiger partial charge in [-0.2, -0.15) is 4.31 Å². The highest BCUT2D eigenvalue weighted by Gasteiger charge is 2.35. The summed E-state index contributed by atoms with van der Waals surface area (Å²) in [6.07, 6.45) is -0.811. The van der Waals surface area contributed by atoms with Crippen LogP contribution < -0.4 is 10.5 Å². The lowest BCUT2D eigenvalue weighted by Crippen LogP contribution is -2.50. The van der Waals surface area contributed by atoms with Crippen molar-refractivity contribution in [2.75, 3.05) is 32.5 Å². The minimum Gasteiger partial charge on any atom is -0.495 e. The number of benzene rings is 1. The predicted octanol–water partition coefficient (Wildman–Crippen LogP) is 0.0477. The second-order valence-corrected chi connectivity index (χ2v) is 6.89. The molecule has 0 aliphatic carbocycles. The molecule has 1 aliphatic rings. The van der Waals surface area contributed by atoms with Crippen molar-refractivity contribution in [2.45, 2.75) is 24.0 Å². The number of aliphatic hydroxyl groups is 1. The van der Waals surface area contributed by atoms with E-state index in [9.17, 15) is 13.5 Å². The van der Waals surface area contributed by atoms with Crippen LogP contribution in [0.4, 0.5) is 5.69 Å². The second-order valence-electron chi connectivity index (χ2n) is 4.98. The van der Waals surface area contributed by atoms with Crippen molar-refractivity contribution in [1.29, 1.82) is 0 Å². The molecule has 2 unspecified atom stereocenters. The summed E-state index contributed by atoms with van der Waals surface area (Å²) < 4.78 is 37.4. The predicted molar refractivity (Wildman–Crippen MR) is 77.6 cm³/mol. The summed E-state index contributed by atoms with van der Waals surface area (Å²) in [5, 5.41) is 9.21. The number of sulfonamides is 1. The van der Waals surface area contributed by atoms with Gasteiger partial charge >= 0.3 is 0 Å². The molecule has 7 nitrogen and oxygen atoms in total. The molecule has 1 saturated heterocycles. The van der Waals surface area contributed by atoms with Gasteiger partial charge in [-0.3, -0.25) is 0 Å². The van der Waals surface area contributed by atoms with Gasteiger partial charge in [-0.1, -0.05) is 0 Å². The summed E-state index contributed by atoms with van der Waals surface area (Å²) >= 11 is 0. The van der Waals surface area contributed by atoms with Gasteiger partial charge in [0.15, 0.2) is 0 Å². The first kappa shape index (κ1) is 16.0. The van der Waals surface area contributed by atoms with Crippen molar-refractivity contribution in [1.82, 2.24) is 4.31 Å². The smallest absolute Gasteiger partial charge is 0.246 e. The first-order chi connectivity index (χ1) is 9.88. The Hall–Kier alpha value is -1.35. The lowest BCUT2D eigenvalue weighted by atomic mass is 10.2. The van der Waals surface area contributed by atoms with E-state index in [2.05, 4.69) is 0 Å². The maximum atomic E-state index is 12.8. The molecule has 0 saturated carbocycles. The number of morpholine rings is 1. The first-order valence-corrected chi connectivity index (χ1v) is 8.02. The average molecular weight is 316 g/mol. The number of methoxy groups -OCH3 is 1. The molecular weight excluding hydrogens is 296 g/mol. The van der Waals surface area contributed by atoms with E-state index in [0.717, 1.165) is 0 Å². The molecule has 0 bridgehead atoms. The van der Waals surface area contributed by atoms with Crippen LogP contribution in [-0.2, 0) is 14.8 Å². The normalized spacial score (nSPS) is 24.0. The van der Waals surface area contributed by atoms with Crippen molar-refractivity contribution in [3.05, 3.63) is 18.2 Å². The zero-order valence-electron chi connectivity index (χ0n) is 12.0. The van der Waals surface area contributed by atoms with E-state index >= 15 is 0 Å². The highest BCUT2D eigenvalue weighted by Crippen LogP contribution is 2.30. The Kier molecular flexibility index (Phi) is 4.72. The van der Waals surface area contributed by atoms with Crippen LogP contribution in [0, 0.1) is 0 Å².